The summed E-state index contributed by atoms with van der Waals surface area (Å²) in [4.78, 5) is 4.45. The summed E-state index contributed by atoms with van der Waals surface area (Å²) in [5.41, 5.74) is 5.39. The quantitative estimate of drug-likeness (QED) is 0.336. The lowest BCUT2D eigenvalue weighted by Gasteiger charge is -2.57. The monoisotopic (exact) mass is 441 g/mol. The number of hydrogen-bond acceptors (Lipinski definition) is 4. The van der Waals surface area contributed by atoms with Gasteiger partial charge in [-0.15, -0.1) is 0 Å². The Balaban J connectivity index is 1.26. The molecule has 4 aliphatic rings. The summed E-state index contributed by atoms with van der Waals surface area (Å²) in [6.45, 7) is 4.96. The number of aliphatic hydroxyl groups is 1. The first-order chi connectivity index (χ1) is 16.0. The van der Waals surface area contributed by atoms with Crippen molar-refractivity contribution in [2.45, 2.75) is 71.3 Å². The van der Waals surface area contributed by atoms with Crippen molar-refractivity contribution in [2.24, 2.45) is 38.8 Å². The molecule has 4 aliphatic carbocycles. The van der Waals surface area contributed by atoms with Crippen LogP contribution in [0.4, 0.5) is 0 Å². The molecule has 6 atom stereocenters. The van der Waals surface area contributed by atoms with Gasteiger partial charge in [0.1, 0.15) is 0 Å². The fraction of sp³-hybridized carbons (Fsp3) is 0.552. The van der Waals surface area contributed by atoms with E-state index >= 15 is 0 Å². The number of rotatable bonds is 2. The predicted octanol–water partition coefficient (Wildman–Crippen LogP) is 6.33. The maximum Gasteiger partial charge on any atom is 0.0708 e. The molecular formula is C29H35N3O. The average molecular weight is 442 g/mol. The minimum atomic E-state index is -0.129. The summed E-state index contributed by atoms with van der Waals surface area (Å²) >= 11 is 0. The maximum atomic E-state index is 10.2. The third-order valence-corrected chi connectivity index (χ3v) is 9.88. The molecule has 4 nitrogen and oxygen atoms in total. The standard InChI is InChI=1S/C29H35N3O/c1-28-14-11-21(33)17-20(28)7-8-23-24-9-10-27(29(24,2)15-12-25(23)28)32-31-18-19-13-16-30-26-6-4-3-5-22(19)26/h3-7,13,16,18,21,23-25,33H,8-12,14-15,17H2,1-2H3/b31-18+,32-27+/t21-,23?,24?,25?,28?,29?/m0/s1. The van der Waals surface area contributed by atoms with Crippen molar-refractivity contribution in [3.8, 4) is 0 Å². The normalized spacial score (nSPS) is 39.4. The van der Waals surface area contributed by atoms with Crippen molar-refractivity contribution >= 4 is 22.8 Å². The Kier molecular flexibility index (Phi) is 5.06. The van der Waals surface area contributed by atoms with E-state index in [0.717, 1.165) is 54.0 Å². The predicted molar refractivity (Wildman–Crippen MR) is 134 cm³/mol. The number of fused-ring (bicyclic) bond motifs is 6. The van der Waals surface area contributed by atoms with Crippen LogP contribution in [0.15, 0.2) is 58.4 Å². The number of pyridine rings is 1. The molecule has 0 aliphatic heterocycles. The molecular weight excluding hydrogens is 406 g/mol. The second-order valence-corrected chi connectivity index (χ2v) is 11.4. The van der Waals surface area contributed by atoms with Gasteiger partial charge in [0.05, 0.1) is 17.8 Å². The molecule has 3 saturated carbocycles. The summed E-state index contributed by atoms with van der Waals surface area (Å²) in [5, 5.41) is 20.8. The second kappa shape index (κ2) is 7.87. The highest BCUT2D eigenvalue weighted by Crippen LogP contribution is 2.64. The Morgan fingerprint density at radius 2 is 1.85 bits per heavy atom. The lowest BCUT2D eigenvalue weighted by Crippen LogP contribution is -2.50. The molecule has 1 heterocycles. The third-order valence-electron chi connectivity index (χ3n) is 9.88. The Morgan fingerprint density at radius 3 is 2.76 bits per heavy atom. The number of aliphatic hydroxyl groups excluding tert-OH is 1. The minimum Gasteiger partial charge on any atom is -0.393 e. The lowest BCUT2D eigenvalue weighted by molar-refractivity contribution is -0.0209. The van der Waals surface area contributed by atoms with Crippen LogP contribution in [0.3, 0.4) is 0 Å². The molecule has 0 radical (unpaired) electrons. The van der Waals surface area contributed by atoms with Crippen LogP contribution in [0.5, 0.6) is 0 Å². The Labute approximate surface area is 196 Å². The fourth-order valence-electron chi connectivity index (χ4n) is 7.99. The van der Waals surface area contributed by atoms with Gasteiger partial charge in [-0.2, -0.15) is 10.2 Å². The van der Waals surface area contributed by atoms with E-state index in [1.807, 2.05) is 36.7 Å². The lowest BCUT2D eigenvalue weighted by atomic mass is 9.48. The van der Waals surface area contributed by atoms with Crippen molar-refractivity contribution < 1.29 is 5.11 Å². The molecule has 0 spiro atoms. The van der Waals surface area contributed by atoms with E-state index in [1.165, 1.54) is 31.4 Å². The molecule has 1 N–H and O–H groups in total. The van der Waals surface area contributed by atoms with E-state index < -0.39 is 0 Å². The first kappa shape index (κ1) is 21.2. The Morgan fingerprint density at radius 1 is 1.03 bits per heavy atom. The van der Waals surface area contributed by atoms with Gasteiger partial charge >= 0.3 is 0 Å². The smallest absolute Gasteiger partial charge is 0.0708 e. The molecule has 0 amide bonds. The molecule has 172 valence electrons. The highest BCUT2D eigenvalue weighted by molar-refractivity contribution is 5.98. The summed E-state index contributed by atoms with van der Waals surface area (Å²) < 4.78 is 0. The van der Waals surface area contributed by atoms with E-state index in [2.05, 4.69) is 36.1 Å². The van der Waals surface area contributed by atoms with Crippen LogP contribution in [0.2, 0.25) is 0 Å². The molecule has 4 heteroatoms. The average Bonchev–Trinajstić information content (AvgIpc) is 3.16. The van der Waals surface area contributed by atoms with E-state index in [9.17, 15) is 5.11 Å². The van der Waals surface area contributed by atoms with E-state index in [-0.39, 0.29) is 11.5 Å². The second-order valence-electron chi connectivity index (χ2n) is 11.4. The van der Waals surface area contributed by atoms with Crippen LogP contribution in [0.1, 0.15) is 70.8 Å². The Bertz CT molecular complexity index is 1160. The summed E-state index contributed by atoms with van der Waals surface area (Å²) in [6, 6.07) is 10.2. The van der Waals surface area contributed by atoms with Gasteiger partial charge in [-0.3, -0.25) is 4.98 Å². The van der Waals surface area contributed by atoms with Crippen LogP contribution >= 0.6 is 0 Å². The van der Waals surface area contributed by atoms with E-state index in [1.54, 1.807) is 5.57 Å². The zero-order chi connectivity index (χ0) is 22.6. The van der Waals surface area contributed by atoms with Crippen LogP contribution in [-0.2, 0) is 0 Å². The van der Waals surface area contributed by atoms with Gasteiger partial charge in [0.25, 0.3) is 0 Å². The molecule has 0 bridgehead atoms. The van der Waals surface area contributed by atoms with Crippen molar-refractivity contribution in [1.29, 1.82) is 0 Å². The summed E-state index contributed by atoms with van der Waals surface area (Å²) in [7, 11) is 0. The number of benzene rings is 1. The van der Waals surface area contributed by atoms with Crippen molar-refractivity contribution in [2.75, 3.05) is 0 Å². The van der Waals surface area contributed by atoms with Crippen LogP contribution in [0, 0.1) is 28.6 Å². The van der Waals surface area contributed by atoms with Crippen LogP contribution < -0.4 is 0 Å². The van der Waals surface area contributed by atoms with Crippen molar-refractivity contribution in [3.05, 3.63) is 53.7 Å². The van der Waals surface area contributed by atoms with Gasteiger partial charge in [0, 0.05) is 28.3 Å². The van der Waals surface area contributed by atoms with E-state index in [4.69, 9.17) is 5.10 Å². The van der Waals surface area contributed by atoms with Crippen molar-refractivity contribution in [3.63, 3.8) is 0 Å². The zero-order valence-electron chi connectivity index (χ0n) is 19.9. The third kappa shape index (κ3) is 3.32. The first-order valence-corrected chi connectivity index (χ1v) is 12.8. The van der Waals surface area contributed by atoms with Gasteiger partial charge in [0.2, 0.25) is 0 Å². The SMILES string of the molecule is CC12CC[C@H](O)CC1=CCC1C2CCC2(C)/C(=N/N=C/c3ccnc4ccccc34)CCC12. The molecule has 3 fully saturated rings. The minimum absolute atomic E-state index is 0.129. The molecule has 5 unspecified atom stereocenters. The topological polar surface area (TPSA) is 57.8 Å². The number of aromatic nitrogens is 1. The van der Waals surface area contributed by atoms with Gasteiger partial charge < -0.3 is 5.11 Å². The molecule has 1 aromatic carbocycles. The molecule has 2 aromatic rings. The molecule has 0 saturated heterocycles. The first-order valence-electron chi connectivity index (χ1n) is 12.8. The number of allylic oxidation sites excluding steroid dienone is 1. The fourth-order valence-corrected chi connectivity index (χ4v) is 7.99. The number of nitrogens with zero attached hydrogens (tertiary/aromatic N) is 3. The van der Waals surface area contributed by atoms with E-state index in [0.29, 0.717) is 11.3 Å². The molecule has 33 heavy (non-hydrogen) atoms. The summed E-state index contributed by atoms with van der Waals surface area (Å²) in [6.07, 6.45) is 15.1. The van der Waals surface area contributed by atoms with Gasteiger partial charge in [0.15, 0.2) is 0 Å². The molecule has 1 aromatic heterocycles. The Hall–Kier alpha value is -2.33. The van der Waals surface area contributed by atoms with Crippen LogP contribution in [-0.4, -0.2) is 28.1 Å². The zero-order valence-corrected chi connectivity index (χ0v) is 19.9. The largest absolute Gasteiger partial charge is 0.393 e. The highest BCUT2D eigenvalue weighted by atomic mass is 16.3. The molecule has 6 rings (SSSR count). The summed E-state index contributed by atoms with van der Waals surface area (Å²) in [5.74, 6) is 2.20. The van der Waals surface area contributed by atoms with Gasteiger partial charge in [-0.25, -0.2) is 0 Å². The number of para-hydroxylation sites is 1. The number of hydrogen-bond donors (Lipinski definition) is 1. The van der Waals surface area contributed by atoms with Crippen LogP contribution in [0.25, 0.3) is 10.9 Å². The van der Waals surface area contributed by atoms with Gasteiger partial charge in [-0.1, -0.05) is 43.7 Å². The van der Waals surface area contributed by atoms with Crippen molar-refractivity contribution in [1.82, 2.24) is 4.98 Å². The highest BCUT2D eigenvalue weighted by Gasteiger charge is 2.57. The van der Waals surface area contributed by atoms with Gasteiger partial charge in [-0.05, 0) is 86.7 Å². The maximum absolute atomic E-state index is 10.2.